The van der Waals surface area contributed by atoms with Crippen LogP contribution in [0.3, 0.4) is 0 Å². The summed E-state index contributed by atoms with van der Waals surface area (Å²) >= 11 is 0. The van der Waals surface area contributed by atoms with Crippen LogP contribution in [0, 0.1) is 5.92 Å². The summed E-state index contributed by atoms with van der Waals surface area (Å²) in [5.74, 6) is -0.969. The molecule has 0 saturated heterocycles. The number of fused-ring (bicyclic) bond motifs is 1. The van der Waals surface area contributed by atoms with Crippen molar-refractivity contribution in [3.63, 3.8) is 0 Å². The highest BCUT2D eigenvalue weighted by molar-refractivity contribution is 6.23. The molecular weight excluding hydrogens is 382 g/mol. The molecule has 4 rings (SSSR count). The van der Waals surface area contributed by atoms with E-state index in [0.29, 0.717) is 17.3 Å². The predicted molar refractivity (Wildman–Crippen MR) is 114 cm³/mol. The van der Waals surface area contributed by atoms with Gasteiger partial charge in [0.2, 0.25) is 5.88 Å². The van der Waals surface area contributed by atoms with Gasteiger partial charge in [0.1, 0.15) is 5.92 Å². The molecule has 2 amide bonds. The summed E-state index contributed by atoms with van der Waals surface area (Å²) in [7, 11) is 0. The fourth-order valence-corrected chi connectivity index (χ4v) is 2.99. The molecule has 1 aromatic heterocycles. The highest BCUT2D eigenvalue weighted by atomic mass is 16.5. The lowest BCUT2D eigenvalue weighted by Crippen LogP contribution is -2.30. The number of carbonyl (C=O) groups excluding carboxylic acids is 2. The number of pyridine rings is 1. The Balaban J connectivity index is 1.31. The maximum absolute atomic E-state index is 12.6. The third-order valence-corrected chi connectivity index (χ3v) is 4.52. The van der Waals surface area contributed by atoms with E-state index in [9.17, 15) is 9.59 Å². The van der Waals surface area contributed by atoms with E-state index in [4.69, 9.17) is 4.74 Å². The summed E-state index contributed by atoms with van der Waals surface area (Å²) in [5.41, 5.74) is 4.42. The molecule has 1 aliphatic rings. The first-order valence-electron chi connectivity index (χ1n) is 9.36. The smallest absolute Gasteiger partial charge is 0.278 e. The SMILES string of the molecule is CC1=NN(c2ccccc2)C(=O)[C@H]1/C=N\NC(=O)COc1ccc2ccccc2n1. The van der Waals surface area contributed by atoms with Crippen LogP contribution in [-0.4, -0.2) is 35.3 Å². The molecule has 0 saturated carbocycles. The molecule has 1 atom stereocenters. The topological polar surface area (TPSA) is 96.2 Å². The second-order valence-electron chi connectivity index (χ2n) is 6.65. The Labute approximate surface area is 172 Å². The molecule has 8 nitrogen and oxygen atoms in total. The van der Waals surface area contributed by atoms with Crippen LogP contribution < -0.4 is 15.2 Å². The van der Waals surface area contributed by atoms with Gasteiger partial charge in [-0.25, -0.2) is 10.4 Å². The molecule has 0 radical (unpaired) electrons. The van der Waals surface area contributed by atoms with Gasteiger partial charge < -0.3 is 4.74 Å². The van der Waals surface area contributed by atoms with Crippen molar-refractivity contribution >= 4 is 40.3 Å². The molecule has 150 valence electrons. The molecular formula is C22H19N5O3. The summed E-state index contributed by atoms with van der Waals surface area (Å²) in [6.07, 6.45) is 1.37. The second kappa shape index (κ2) is 8.52. The average molecular weight is 401 g/mol. The molecule has 2 heterocycles. The first-order chi connectivity index (χ1) is 14.6. The normalized spacial score (nSPS) is 16.2. The van der Waals surface area contributed by atoms with Crippen LogP contribution in [-0.2, 0) is 9.59 Å². The Kier molecular flexibility index (Phi) is 5.47. The first kappa shape index (κ1) is 19.3. The van der Waals surface area contributed by atoms with Crippen LogP contribution in [0.15, 0.2) is 76.9 Å². The first-order valence-corrected chi connectivity index (χ1v) is 9.36. The number of nitrogens with zero attached hydrogens (tertiary/aromatic N) is 4. The predicted octanol–water partition coefficient (Wildman–Crippen LogP) is 2.75. The largest absolute Gasteiger partial charge is 0.467 e. The number of aromatic nitrogens is 1. The van der Waals surface area contributed by atoms with Crippen molar-refractivity contribution < 1.29 is 14.3 Å². The second-order valence-corrected chi connectivity index (χ2v) is 6.65. The molecule has 3 aromatic rings. The minimum Gasteiger partial charge on any atom is -0.467 e. The minimum absolute atomic E-state index is 0.228. The quantitative estimate of drug-likeness (QED) is 0.507. The summed E-state index contributed by atoms with van der Waals surface area (Å²) in [6.45, 7) is 1.50. The van der Waals surface area contributed by atoms with Crippen molar-refractivity contribution in [2.24, 2.45) is 16.1 Å². The Bertz CT molecular complexity index is 1140. The van der Waals surface area contributed by atoms with Crippen LogP contribution in [0.1, 0.15) is 6.92 Å². The third-order valence-electron chi connectivity index (χ3n) is 4.52. The number of nitrogens with one attached hydrogen (secondary N) is 1. The number of hydrogen-bond donors (Lipinski definition) is 1. The van der Waals surface area contributed by atoms with Gasteiger partial charge in [0.15, 0.2) is 6.61 Å². The van der Waals surface area contributed by atoms with Crippen LogP contribution in [0.2, 0.25) is 0 Å². The van der Waals surface area contributed by atoms with Gasteiger partial charge in [-0.15, -0.1) is 0 Å². The Morgan fingerprint density at radius 3 is 2.73 bits per heavy atom. The third kappa shape index (κ3) is 4.17. The maximum atomic E-state index is 12.6. The van der Waals surface area contributed by atoms with Crippen LogP contribution in [0.4, 0.5) is 5.69 Å². The van der Waals surface area contributed by atoms with Crippen molar-refractivity contribution in [1.82, 2.24) is 10.4 Å². The average Bonchev–Trinajstić information content (AvgIpc) is 3.06. The zero-order valence-electron chi connectivity index (χ0n) is 16.2. The molecule has 1 aliphatic heterocycles. The van der Waals surface area contributed by atoms with Crippen molar-refractivity contribution in [1.29, 1.82) is 0 Å². The van der Waals surface area contributed by atoms with Crippen LogP contribution in [0.5, 0.6) is 5.88 Å². The number of hydrogen-bond acceptors (Lipinski definition) is 6. The standard InChI is InChI=1S/C22H19N5O3/c1-15-18(22(29)27(26-15)17-8-3-2-4-9-17)13-23-25-20(28)14-30-21-12-11-16-7-5-6-10-19(16)24-21/h2-13,18H,14H2,1H3,(H,25,28)/b23-13-/t18-/m0/s1. The highest BCUT2D eigenvalue weighted by Crippen LogP contribution is 2.22. The van der Waals surface area contributed by atoms with E-state index in [0.717, 1.165) is 10.9 Å². The number of para-hydroxylation sites is 2. The number of ether oxygens (including phenoxy) is 1. The summed E-state index contributed by atoms with van der Waals surface area (Å²) < 4.78 is 5.42. The van der Waals surface area contributed by atoms with Crippen LogP contribution >= 0.6 is 0 Å². The molecule has 8 heteroatoms. The summed E-state index contributed by atoms with van der Waals surface area (Å²) in [6, 6.07) is 20.3. The van der Waals surface area contributed by atoms with Crippen molar-refractivity contribution in [2.75, 3.05) is 11.6 Å². The van der Waals surface area contributed by atoms with E-state index < -0.39 is 11.8 Å². The van der Waals surface area contributed by atoms with Crippen molar-refractivity contribution in [3.05, 3.63) is 66.7 Å². The van der Waals surface area contributed by atoms with Crippen LogP contribution in [0.25, 0.3) is 10.9 Å². The Hall–Kier alpha value is -4.07. The van der Waals surface area contributed by atoms with Gasteiger partial charge in [-0.2, -0.15) is 15.2 Å². The van der Waals surface area contributed by atoms with E-state index in [-0.39, 0.29) is 12.5 Å². The lowest BCUT2D eigenvalue weighted by Gasteiger charge is -2.12. The number of benzene rings is 2. The lowest BCUT2D eigenvalue weighted by molar-refractivity contribution is -0.123. The molecule has 0 fully saturated rings. The fourth-order valence-electron chi connectivity index (χ4n) is 2.99. The zero-order chi connectivity index (χ0) is 20.9. The molecule has 30 heavy (non-hydrogen) atoms. The monoisotopic (exact) mass is 401 g/mol. The highest BCUT2D eigenvalue weighted by Gasteiger charge is 2.33. The fraction of sp³-hybridized carbons (Fsp3) is 0.136. The maximum Gasteiger partial charge on any atom is 0.278 e. The lowest BCUT2D eigenvalue weighted by atomic mass is 10.1. The number of rotatable bonds is 6. The Morgan fingerprint density at radius 2 is 1.90 bits per heavy atom. The van der Waals surface area contributed by atoms with Gasteiger partial charge in [-0.3, -0.25) is 9.59 Å². The molecule has 0 unspecified atom stereocenters. The molecule has 2 aromatic carbocycles. The zero-order valence-corrected chi connectivity index (χ0v) is 16.2. The van der Waals surface area contributed by atoms with Gasteiger partial charge in [0, 0.05) is 17.7 Å². The van der Waals surface area contributed by atoms with E-state index in [1.807, 2.05) is 48.5 Å². The number of carbonyl (C=O) groups is 2. The van der Waals surface area contributed by atoms with Gasteiger partial charge in [0.05, 0.1) is 16.9 Å². The molecule has 0 bridgehead atoms. The van der Waals surface area contributed by atoms with Gasteiger partial charge in [-0.1, -0.05) is 36.4 Å². The number of anilines is 1. The summed E-state index contributed by atoms with van der Waals surface area (Å²) in [4.78, 5) is 28.9. The summed E-state index contributed by atoms with van der Waals surface area (Å²) in [5, 5.41) is 10.5. The van der Waals surface area contributed by atoms with Gasteiger partial charge in [-0.05, 0) is 31.2 Å². The van der Waals surface area contributed by atoms with Crippen molar-refractivity contribution in [2.45, 2.75) is 6.92 Å². The number of amides is 2. The van der Waals surface area contributed by atoms with Crippen molar-refractivity contribution in [3.8, 4) is 5.88 Å². The van der Waals surface area contributed by atoms with E-state index in [1.54, 1.807) is 25.1 Å². The van der Waals surface area contributed by atoms with Gasteiger partial charge >= 0.3 is 0 Å². The van der Waals surface area contributed by atoms with E-state index in [1.165, 1.54) is 11.2 Å². The number of hydrazone groups is 2. The molecule has 0 spiro atoms. The van der Waals surface area contributed by atoms with E-state index in [2.05, 4.69) is 20.6 Å². The minimum atomic E-state index is -0.631. The molecule has 1 N–H and O–H groups in total. The van der Waals surface area contributed by atoms with E-state index >= 15 is 0 Å². The van der Waals surface area contributed by atoms with Gasteiger partial charge in [0.25, 0.3) is 11.8 Å². The Morgan fingerprint density at radius 1 is 1.13 bits per heavy atom. The molecule has 0 aliphatic carbocycles.